The number of nitrogens with one attached hydrogen (secondary N) is 2. The second kappa shape index (κ2) is 9.58. The number of amides is 3. The van der Waals surface area contributed by atoms with Crippen LogP contribution in [0.3, 0.4) is 0 Å². The molecular formula is C27H26N4O4. The standard InChI is InChI=1S/C27H26N4O4/c32-25(29-21-10-7-19(8-11-21)20-9-14-23(26(33)34)28-16-20)24-2-1-15-31(24)27(35)30-22-12-5-18(6-13-22)17-3-4-17/h5-14,16-17,24H,1-4,15H2,(H,29,32)(H,30,35)(H,33,34)/t24-/m1/s1. The number of rotatable bonds is 6. The molecule has 3 aromatic rings. The van der Waals surface area contributed by atoms with Crippen LogP contribution >= 0.6 is 0 Å². The van der Waals surface area contributed by atoms with Gasteiger partial charge in [0, 0.05) is 29.7 Å². The first-order chi connectivity index (χ1) is 17.0. The Morgan fingerprint density at radius 3 is 2.11 bits per heavy atom. The van der Waals surface area contributed by atoms with E-state index in [1.165, 1.54) is 30.7 Å². The summed E-state index contributed by atoms with van der Waals surface area (Å²) in [6, 6.07) is 17.5. The highest BCUT2D eigenvalue weighted by atomic mass is 16.4. The molecule has 0 bridgehead atoms. The topological polar surface area (TPSA) is 112 Å². The lowest BCUT2D eigenvalue weighted by Crippen LogP contribution is -2.45. The number of hydrogen-bond donors (Lipinski definition) is 3. The van der Waals surface area contributed by atoms with Gasteiger partial charge in [-0.25, -0.2) is 14.6 Å². The summed E-state index contributed by atoms with van der Waals surface area (Å²) in [4.78, 5) is 42.3. The van der Waals surface area contributed by atoms with E-state index in [2.05, 4.69) is 27.8 Å². The molecule has 0 spiro atoms. The van der Waals surface area contributed by atoms with Gasteiger partial charge < -0.3 is 20.6 Å². The summed E-state index contributed by atoms with van der Waals surface area (Å²) in [6.45, 7) is 0.530. The average molecular weight is 471 g/mol. The van der Waals surface area contributed by atoms with Crippen molar-refractivity contribution in [1.29, 1.82) is 0 Å². The van der Waals surface area contributed by atoms with E-state index in [9.17, 15) is 14.4 Å². The van der Waals surface area contributed by atoms with Crippen molar-refractivity contribution in [2.75, 3.05) is 17.2 Å². The van der Waals surface area contributed by atoms with Crippen molar-refractivity contribution in [3.63, 3.8) is 0 Å². The van der Waals surface area contributed by atoms with E-state index < -0.39 is 12.0 Å². The summed E-state index contributed by atoms with van der Waals surface area (Å²) in [5, 5.41) is 14.8. The van der Waals surface area contributed by atoms with Crippen molar-refractivity contribution >= 4 is 29.3 Å². The van der Waals surface area contributed by atoms with Crippen LogP contribution in [0.15, 0.2) is 66.9 Å². The molecule has 1 saturated carbocycles. The summed E-state index contributed by atoms with van der Waals surface area (Å²) in [6.07, 6.45) is 5.35. The quantitative estimate of drug-likeness (QED) is 0.472. The number of anilines is 2. The molecule has 35 heavy (non-hydrogen) atoms. The van der Waals surface area contributed by atoms with Crippen LogP contribution in [0.25, 0.3) is 11.1 Å². The molecule has 1 aromatic heterocycles. The van der Waals surface area contributed by atoms with E-state index in [1.54, 1.807) is 23.1 Å². The highest BCUT2D eigenvalue weighted by Gasteiger charge is 2.34. The Labute approximate surface area is 203 Å². The van der Waals surface area contributed by atoms with Crippen molar-refractivity contribution in [3.05, 3.63) is 78.1 Å². The third-order valence-electron chi connectivity index (χ3n) is 6.50. The van der Waals surface area contributed by atoms with E-state index in [0.717, 1.165) is 23.2 Å². The Morgan fingerprint density at radius 1 is 0.829 bits per heavy atom. The van der Waals surface area contributed by atoms with Gasteiger partial charge in [-0.1, -0.05) is 30.3 Å². The van der Waals surface area contributed by atoms with Crippen LogP contribution in [0.2, 0.25) is 0 Å². The Balaban J connectivity index is 1.19. The molecule has 2 fully saturated rings. The maximum Gasteiger partial charge on any atom is 0.354 e. The van der Waals surface area contributed by atoms with Gasteiger partial charge in [-0.3, -0.25) is 4.79 Å². The van der Waals surface area contributed by atoms with Gasteiger partial charge in [-0.2, -0.15) is 0 Å². The first-order valence-corrected chi connectivity index (χ1v) is 11.8. The van der Waals surface area contributed by atoms with E-state index in [-0.39, 0.29) is 17.6 Å². The maximum atomic E-state index is 13.0. The predicted molar refractivity (Wildman–Crippen MR) is 132 cm³/mol. The minimum atomic E-state index is -1.07. The van der Waals surface area contributed by atoms with Crippen molar-refractivity contribution in [3.8, 4) is 11.1 Å². The molecule has 2 aliphatic rings. The molecule has 1 atom stereocenters. The SMILES string of the molecule is O=C(O)c1ccc(-c2ccc(NC(=O)[C@H]3CCCN3C(=O)Nc3ccc(C4CC4)cc3)cc2)cn1. The molecular weight excluding hydrogens is 444 g/mol. The van der Waals surface area contributed by atoms with Gasteiger partial charge in [0.05, 0.1) is 0 Å². The lowest BCUT2D eigenvalue weighted by atomic mass is 10.1. The highest BCUT2D eigenvalue weighted by Crippen LogP contribution is 2.40. The number of pyridine rings is 1. The van der Waals surface area contributed by atoms with Crippen molar-refractivity contribution in [2.45, 2.75) is 37.6 Å². The van der Waals surface area contributed by atoms with E-state index in [0.29, 0.717) is 24.6 Å². The second-order valence-electron chi connectivity index (χ2n) is 8.98. The summed E-state index contributed by atoms with van der Waals surface area (Å²) in [5.41, 5.74) is 4.27. The highest BCUT2D eigenvalue weighted by molar-refractivity contribution is 5.99. The number of likely N-dealkylation sites (tertiary alicyclic amines) is 1. The van der Waals surface area contributed by atoms with Crippen LogP contribution in [-0.4, -0.2) is 45.5 Å². The van der Waals surface area contributed by atoms with Gasteiger partial charge in [-0.05, 0) is 73.1 Å². The van der Waals surface area contributed by atoms with Crippen LogP contribution in [0.1, 0.15) is 47.7 Å². The zero-order valence-corrected chi connectivity index (χ0v) is 19.1. The number of aromatic nitrogens is 1. The number of carboxylic acids is 1. The molecule has 1 aliphatic carbocycles. The molecule has 0 unspecified atom stereocenters. The normalized spacial score (nSPS) is 17.1. The second-order valence-corrected chi connectivity index (χ2v) is 8.98. The van der Waals surface area contributed by atoms with E-state index >= 15 is 0 Å². The minimum Gasteiger partial charge on any atom is -0.477 e. The zero-order chi connectivity index (χ0) is 24.4. The molecule has 5 rings (SSSR count). The number of carbonyl (C=O) groups is 3. The lowest BCUT2D eigenvalue weighted by molar-refractivity contribution is -0.119. The van der Waals surface area contributed by atoms with Crippen LogP contribution in [-0.2, 0) is 4.79 Å². The number of aromatic carboxylic acids is 1. The molecule has 8 heteroatoms. The van der Waals surface area contributed by atoms with Gasteiger partial charge in [0.25, 0.3) is 0 Å². The van der Waals surface area contributed by atoms with Gasteiger partial charge in [0.2, 0.25) is 5.91 Å². The monoisotopic (exact) mass is 470 g/mol. The average Bonchev–Trinajstić information content (AvgIpc) is 3.60. The molecule has 2 aromatic carbocycles. The number of hydrogen-bond acceptors (Lipinski definition) is 4. The number of carbonyl (C=O) groups excluding carboxylic acids is 2. The van der Waals surface area contributed by atoms with Crippen LogP contribution < -0.4 is 10.6 Å². The fraction of sp³-hybridized carbons (Fsp3) is 0.259. The van der Waals surface area contributed by atoms with Crippen LogP contribution in [0, 0.1) is 0 Å². The zero-order valence-electron chi connectivity index (χ0n) is 19.1. The van der Waals surface area contributed by atoms with E-state index in [4.69, 9.17) is 5.11 Å². The fourth-order valence-electron chi connectivity index (χ4n) is 4.40. The third kappa shape index (κ3) is 5.16. The molecule has 8 nitrogen and oxygen atoms in total. The van der Waals surface area contributed by atoms with Crippen molar-refractivity contribution in [2.24, 2.45) is 0 Å². The first-order valence-electron chi connectivity index (χ1n) is 11.8. The van der Waals surface area contributed by atoms with Gasteiger partial charge in [-0.15, -0.1) is 0 Å². The van der Waals surface area contributed by atoms with Gasteiger partial charge in [0.15, 0.2) is 0 Å². The Hall–Kier alpha value is -4.20. The summed E-state index contributed by atoms with van der Waals surface area (Å²) < 4.78 is 0. The lowest BCUT2D eigenvalue weighted by Gasteiger charge is -2.24. The number of urea groups is 1. The molecule has 2 heterocycles. The Bertz CT molecular complexity index is 1240. The van der Waals surface area contributed by atoms with E-state index in [1.807, 2.05) is 24.3 Å². The molecule has 178 valence electrons. The summed E-state index contributed by atoms with van der Waals surface area (Å²) >= 11 is 0. The molecule has 0 radical (unpaired) electrons. The summed E-state index contributed by atoms with van der Waals surface area (Å²) in [7, 11) is 0. The number of carboxylic acid groups (broad SMARTS) is 1. The third-order valence-corrected chi connectivity index (χ3v) is 6.50. The van der Waals surface area contributed by atoms with Gasteiger partial charge >= 0.3 is 12.0 Å². The first kappa shape index (κ1) is 22.6. The minimum absolute atomic E-state index is 0.0157. The molecule has 1 aliphatic heterocycles. The predicted octanol–water partition coefficient (Wildman–Crippen LogP) is 4.96. The van der Waals surface area contributed by atoms with Crippen LogP contribution in [0.5, 0.6) is 0 Å². The van der Waals surface area contributed by atoms with Crippen LogP contribution in [0.4, 0.5) is 16.2 Å². The molecule has 3 amide bonds. The number of nitrogens with zero attached hydrogens (tertiary/aromatic N) is 2. The Morgan fingerprint density at radius 2 is 1.49 bits per heavy atom. The summed E-state index contributed by atoms with van der Waals surface area (Å²) in [5.74, 6) is -0.632. The molecule has 3 N–H and O–H groups in total. The fourth-order valence-corrected chi connectivity index (χ4v) is 4.40. The van der Waals surface area contributed by atoms with Crippen molar-refractivity contribution < 1.29 is 19.5 Å². The molecule has 1 saturated heterocycles. The van der Waals surface area contributed by atoms with Crippen molar-refractivity contribution in [1.82, 2.24) is 9.88 Å². The smallest absolute Gasteiger partial charge is 0.354 e. The van der Waals surface area contributed by atoms with Gasteiger partial charge in [0.1, 0.15) is 11.7 Å². The maximum absolute atomic E-state index is 13.0. The Kier molecular flexibility index (Phi) is 6.18. The largest absolute Gasteiger partial charge is 0.477 e. The number of benzene rings is 2.